The fourth-order valence-electron chi connectivity index (χ4n) is 6.39. The van der Waals surface area contributed by atoms with Crippen LogP contribution >= 0.6 is 0 Å². The van der Waals surface area contributed by atoms with E-state index in [0.29, 0.717) is 47.4 Å². The highest BCUT2D eigenvalue weighted by Crippen LogP contribution is 2.34. The van der Waals surface area contributed by atoms with Gasteiger partial charge in [-0.15, -0.1) is 0 Å². The lowest BCUT2D eigenvalue weighted by molar-refractivity contribution is -0.120. The van der Waals surface area contributed by atoms with Gasteiger partial charge < -0.3 is 5.73 Å². The molecule has 0 aliphatic carbocycles. The Bertz CT molecular complexity index is 1750. The van der Waals surface area contributed by atoms with Crippen molar-refractivity contribution in [1.82, 2.24) is 24.3 Å². The van der Waals surface area contributed by atoms with Crippen LogP contribution in [0.5, 0.6) is 0 Å². The number of imide groups is 1. The predicted molar refractivity (Wildman–Crippen MR) is 172 cm³/mol. The van der Waals surface area contributed by atoms with Gasteiger partial charge in [-0.05, 0) is 87.5 Å². The Morgan fingerprint density at radius 3 is 2.49 bits per heavy atom. The van der Waals surface area contributed by atoms with E-state index in [1.54, 1.807) is 22.9 Å². The number of nitrogens with zero attached hydrogens (tertiary/aromatic N) is 6. The normalized spacial score (nSPS) is 20.4. The quantitative estimate of drug-likeness (QED) is 0.415. The molecule has 6 rings (SSSR count). The lowest BCUT2D eigenvalue weighted by atomic mass is 9.88. The van der Waals surface area contributed by atoms with Crippen molar-refractivity contribution >= 4 is 39.6 Å². The number of carbonyl (C=O) groups is 2. The van der Waals surface area contributed by atoms with Gasteiger partial charge in [0.1, 0.15) is 17.1 Å². The molecule has 1 aromatic heterocycles. The molecule has 3 aliphatic rings. The number of nitrogens with two attached hydrogens (primary N) is 1. The van der Waals surface area contributed by atoms with Crippen LogP contribution in [-0.2, 0) is 22.8 Å². The lowest BCUT2D eigenvalue weighted by Crippen LogP contribution is -2.49. The van der Waals surface area contributed by atoms with E-state index < -0.39 is 17.0 Å². The van der Waals surface area contributed by atoms with Gasteiger partial charge in [0.15, 0.2) is 5.82 Å². The van der Waals surface area contributed by atoms with Crippen molar-refractivity contribution in [2.45, 2.75) is 61.9 Å². The number of urea groups is 1. The standard InChI is InChI=1S/C33H38N8O3S/c1-22(3-4-24-19-28(7-5-26(24)21-34)45(44)40-16-11-27(35)12-17-40)39-14-9-23(10-15-39)25-6-8-29-30(20-25)38(2)37-32(29)41-18-13-31(42)36-33(41)43/h5-8,19-20,22-23,27H,9-18,35H2,1-2H3,(H,36,42,43). The van der Waals surface area contributed by atoms with Crippen LogP contribution in [0, 0.1) is 23.2 Å². The van der Waals surface area contributed by atoms with Crippen molar-refractivity contribution in [3.8, 4) is 17.9 Å². The summed E-state index contributed by atoms with van der Waals surface area (Å²) in [5.74, 6) is 7.26. The summed E-state index contributed by atoms with van der Waals surface area (Å²) < 4.78 is 16.9. The van der Waals surface area contributed by atoms with Gasteiger partial charge in [0.2, 0.25) is 5.91 Å². The number of likely N-dealkylation sites (tertiary alicyclic amines) is 1. The number of nitrogens with one attached hydrogen (secondary N) is 1. The van der Waals surface area contributed by atoms with Gasteiger partial charge in [-0.1, -0.05) is 17.9 Å². The van der Waals surface area contributed by atoms with Crippen LogP contribution in [0.25, 0.3) is 10.9 Å². The monoisotopic (exact) mass is 626 g/mol. The molecule has 11 nitrogen and oxygen atoms in total. The molecular formula is C33H38N8O3S. The summed E-state index contributed by atoms with van der Waals surface area (Å²) in [4.78, 5) is 28.6. The first kappa shape index (κ1) is 30.9. The van der Waals surface area contributed by atoms with Crippen LogP contribution in [-0.4, -0.2) is 79.9 Å². The van der Waals surface area contributed by atoms with Gasteiger partial charge in [-0.25, -0.2) is 13.3 Å². The zero-order valence-electron chi connectivity index (χ0n) is 25.7. The first-order valence-corrected chi connectivity index (χ1v) is 16.6. The third-order valence-electron chi connectivity index (χ3n) is 9.18. The molecule has 0 spiro atoms. The van der Waals surface area contributed by atoms with E-state index in [2.05, 4.69) is 52.3 Å². The summed E-state index contributed by atoms with van der Waals surface area (Å²) in [7, 11) is 0.568. The number of rotatable bonds is 5. The zero-order valence-corrected chi connectivity index (χ0v) is 26.5. The summed E-state index contributed by atoms with van der Waals surface area (Å²) >= 11 is 0. The van der Waals surface area contributed by atoms with Crippen LogP contribution in [0.4, 0.5) is 10.6 Å². The van der Waals surface area contributed by atoms with Crippen molar-refractivity contribution < 1.29 is 13.8 Å². The molecule has 2 unspecified atom stereocenters. The number of hydrogen-bond donors (Lipinski definition) is 2. The molecule has 0 saturated carbocycles. The molecule has 2 aromatic carbocycles. The minimum absolute atomic E-state index is 0.0000819. The summed E-state index contributed by atoms with van der Waals surface area (Å²) in [6.07, 6.45) is 3.87. The van der Waals surface area contributed by atoms with Crippen LogP contribution in [0.15, 0.2) is 41.3 Å². The average molecular weight is 627 g/mol. The maximum atomic E-state index is 13.2. The highest BCUT2D eigenvalue weighted by Gasteiger charge is 2.29. The summed E-state index contributed by atoms with van der Waals surface area (Å²) in [5.41, 5.74) is 9.30. The van der Waals surface area contributed by atoms with Crippen molar-refractivity contribution in [2.24, 2.45) is 12.8 Å². The maximum absolute atomic E-state index is 13.2. The van der Waals surface area contributed by atoms with E-state index in [1.807, 2.05) is 17.4 Å². The second-order valence-corrected chi connectivity index (χ2v) is 13.6. The number of nitriles is 1. The number of piperidine rings is 2. The molecule has 12 heteroatoms. The smallest absolute Gasteiger partial charge is 0.328 e. The van der Waals surface area contributed by atoms with Gasteiger partial charge in [0, 0.05) is 50.1 Å². The van der Waals surface area contributed by atoms with Gasteiger partial charge in [-0.3, -0.25) is 24.6 Å². The van der Waals surface area contributed by atoms with Gasteiger partial charge in [0.25, 0.3) is 0 Å². The third-order valence-corrected chi connectivity index (χ3v) is 10.7. The van der Waals surface area contributed by atoms with E-state index >= 15 is 0 Å². The second-order valence-electron chi connectivity index (χ2n) is 12.1. The highest BCUT2D eigenvalue weighted by molar-refractivity contribution is 7.82. The number of aryl methyl sites for hydroxylation is 1. The summed E-state index contributed by atoms with van der Waals surface area (Å²) in [5, 5.41) is 17.6. The minimum Gasteiger partial charge on any atom is -0.328 e. The van der Waals surface area contributed by atoms with E-state index in [1.165, 1.54) is 10.5 Å². The van der Waals surface area contributed by atoms with E-state index in [-0.39, 0.29) is 24.4 Å². The molecule has 45 heavy (non-hydrogen) atoms. The third kappa shape index (κ3) is 6.51. The molecular weight excluding hydrogens is 588 g/mol. The van der Waals surface area contributed by atoms with E-state index in [4.69, 9.17) is 5.73 Å². The number of benzene rings is 2. The van der Waals surface area contributed by atoms with Crippen molar-refractivity contribution in [2.75, 3.05) is 37.6 Å². The largest absolute Gasteiger partial charge is 0.329 e. The molecule has 234 valence electrons. The molecule has 3 aromatic rings. The highest BCUT2D eigenvalue weighted by atomic mass is 32.2. The first-order chi connectivity index (χ1) is 21.7. The molecule has 3 aliphatic heterocycles. The van der Waals surface area contributed by atoms with Gasteiger partial charge >= 0.3 is 6.03 Å². The number of aromatic nitrogens is 2. The first-order valence-electron chi connectivity index (χ1n) is 15.5. The molecule has 0 radical (unpaired) electrons. The van der Waals surface area contributed by atoms with Crippen LogP contribution in [0.2, 0.25) is 0 Å². The Balaban J connectivity index is 1.11. The number of fused-ring (bicyclic) bond motifs is 1. The number of amides is 3. The van der Waals surface area contributed by atoms with Crippen LogP contribution in [0.1, 0.15) is 61.6 Å². The van der Waals surface area contributed by atoms with E-state index in [0.717, 1.165) is 49.7 Å². The predicted octanol–water partition coefficient (Wildman–Crippen LogP) is 2.96. The van der Waals surface area contributed by atoms with Gasteiger partial charge in [0.05, 0.1) is 22.0 Å². The number of hydrogen-bond acceptors (Lipinski definition) is 7. The number of carbonyl (C=O) groups excluding carboxylic acids is 2. The Kier molecular flexibility index (Phi) is 9.02. The summed E-state index contributed by atoms with van der Waals surface area (Å²) in [6, 6.07) is 13.6. The topological polar surface area (TPSA) is 141 Å². The van der Waals surface area contributed by atoms with Crippen LogP contribution in [0.3, 0.4) is 0 Å². The Hall–Kier alpha value is -4.07. The minimum atomic E-state index is -1.31. The Labute approximate surface area is 265 Å². The SMILES string of the molecule is CC(C#Cc1cc(S(=O)N2CCC(N)CC2)ccc1C#N)N1CCC(c2ccc3c(N4CCC(=O)NC4=O)nn(C)c3c2)CC1. The Morgan fingerprint density at radius 1 is 1.02 bits per heavy atom. The number of anilines is 1. The fraction of sp³-hybridized carbons (Fsp3) is 0.455. The van der Waals surface area contributed by atoms with Crippen LogP contribution < -0.4 is 16.0 Å². The molecule has 4 heterocycles. The molecule has 2 atom stereocenters. The zero-order chi connectivity index (χ0) is 31.7. The lowest BCUT2D eigenvalue weighted by Gasteiger charge is -2.34. The van der Waals surface area contributed by atoms with Crippen molar-refractivity contribution in [3.05, 3.63) is 53.1 Å². The molecule has 3 amide bonds. The average Bonchev–Trinajstić information content (AvgIpc) is 3.38. The van der Waals surface area contributed by atoms with E-state index in [9.17, 15) is 19.1 Å². The Morgan fingerprint density at radius 2 is 1.78 bits per heavy atom. The summed E-state index contributed by atoms with van der Waals surface area (Å²) in [6.45, 7) is 5.58. The molecule has 3 fully saturated rings. The van der Waals surface area contributed by atoms with Gasteiger partial charge in [-0.2, -0.15) is 10.4 Å². The maximum Gasteiger partial charge on any atom is 0.329 e. The molecule has 3 saturated heterocycles. The second kappa shape index (κ2) is 13.1. The fourth-order valence-corrected chi connectivity index (χ4v) is 7.64. The van der Waals surface area contributed by atoms with Crippen molar-refractivity contribution in [1.29, 1.82) is 5.26 Å². The molecule has 0 bridgehead atoms. The van der Waals surface area contributed by atoms with Crippen molar-refractivity contribution in [3.63, 3.8) is 0 Å². The molecule has 3 N–H and O–H groups in total.